The summed E-state index contributed by atoms with van der Waals surface area (Å²) < 4.78 is 5.85. The van der Waals surface area contributed by atoms with Crippen molar-refractivity contribution in [1.29, 1.82) is 0 Å². The van der Waals surface area contributed by atoms with Crippen molar-refractivity contribution in [3.63, 3.8) is 0 Å². The number of pyridine rings is 1. The predicted octanol–water partition coefficient (Wildman–Crippen LogP) is 2.49. The van der Waals surface area contributed by atoms with Gasteiger partial charge in [0.15, 0.2) is 0 Å². The van der Waals surface area contributed by atoms with Gasteiger partial charge in [0.25, 0.3) is 0 Å². The Morgan fingerprint density at radius 3 is 2.75 bits per heavy atom. The zero-order valence-corrected chi connectivity index (χ0v) is 15.4. The quantitative estimate of drug-likeness (QED) is 0.643. The zero-order chi connectivity index (χ0) is 19.4. The number of amides is 1. The maximum Gasteiger partial charge on any atom is 0.209 e. The van der Waals surface area contributed by atoms with Crippen molar-refractivity contribution < 1.29 is 14.6 Å². The molecule has 3 aromatic rings. The molecule has 2 aromatic heterocycles. The van der Waals surface area contributed by atoms with Crippen LogP contribution in [-0.2, 0) is 17.0 Å². The molecule has 0 atom stereocenters. The highest BCUT2D eigenvalue weighted by Crippen LogP contribution is 2.33. The molecular formula is C21H22N4O3. The number of hydrogen-bond acceptors (Lipinski definition) is 5. The molecule has 0 saturated carbocycles. The second kappa shape index (κ2) is 7.82. The first-order valence-electron chi connectivity index (χ1n) is 9.26. The molecule has 7 heteroatoms. The molecule has 1 amide bonds. The van der Waals surface area contributed by atoms with E-state index in [1.54, 1.807) is 17.3 Å². The zero-order valence-electron chi connectivity index (χ0n) is 15.4. The number of aromatic nitrogens is 3. The molecule has 0 bridgehead atoms. The monoisotopic (exact) mass is 378 g/mol. The van der Waals surface area contributed by atoms with Gasteiger partial charge in [0, 0.05) is 19.3 Å². The lowest BCUT2D eigenvalue weighted by Crippen LogP contribution is -2.41. The van der Waals surface area contributed by atoms with Gasteiger partial charge in [0.1, 0.15) is 12.4 Å². The first-order chi connectivity index (χ1) is 13.7. The Hall–Kier alpha value is -3.19. The second-order valence-corrected chi connectivity index (χ2v) is 7.01. The maximum absolute atomic E-state index is 11.0. The summed E-state index contributed by atoms with van der Waals surface area (Å²) in [6.07, 6.45) is 5.29. The van der Waals surface area contributed by atoms with E-state index < -0.39 is 5.60 Å². The molecule has 1 aliphatic heterocycles. The molecule has 28 heavy (non-hydrogen) atoms. The number of hydrogen-bond donors (Lipinski definition) is 2. The minimum absolute atomic E-state index is 0.384. The van der Waals surface area contributed by atoms with E-state index in [0.29, 0.717) is 38.3 Å². The van der Waals surface area contributed by atoms with Crippen molar-refractivity contribution >= 4 is 6.41 Å². The summed E-state index contributed by atoms with van der Waals surface area (Å²) >= 11 is 0. The van der Waals surface area contributed by atoms with Crippen LogP contribution in [0.15, 0.2) is 54.9 Å². The molecule has 1 saturated heterocycles. The Labute approximate surface area is 163 Å². The summed E-state index contributed by atoms with van der Waals surface area (Å²) in [5.74, 6) is 0.673. The number of aromatic amines is 1. The molecular weight excluding hydrogens is 356 g/mol. The van der Waals surface area contributed by atoms with Crippen LogP contribution in [0.1, 0.15) is 24.0 Å². The first kappa shape index (κ1) is 18.2. The van der Waals surface area contributed by atoms with Crippen LogP contribution in [0, 0.1) is 0 Å². The van der Waals surface area contributed by atoms with Crippen LogP contribution >= 0.6 is 0 Å². The molecule has 1 aliphatic rings. The molecule has 0 unspecified atom stereocenters. The highest BCUT2D eigenvalue weighted by Gasteiger charge is 2.33. The fourth-order valence-corrected chi connectivity index (χ4v) is 3.43. The Kier molecular flexibility index (Phi) is 5.08. The largest absolute Gasteiger partial charge is 0.487 e. The van der Waals surface area contributed by atoms with Crippen LogP contribution in [0.3, 0.4) is 0 Å². The summed E-state index contributed by atoms with van der Waals surface area (Å²) in [5.41, 5.74) is 2.60. The molecule has 0 spiro atoms. The van der Waals surface area contributed by atoms with E-state index in [2.05, 4.69) is 15.2 Å². The van der Waals surface area contributed by atoms with E-state index in [-0.39, 0.29) is 0 Å². The van der Waals surface area contributed by atoms with Gasteiger partial charge in [0.05, 0.1) is 23.2 Å². The second-order valence-electron chi connectivity index (χ2n) is 7.01. The van der Waals surface area contributed by atoms with Gasteiger partial charge < -0.3 is 14.7 Å². The maximum atomic E-state index is 11.0. The van der Waals surface area contributed by atoms with E-state index in [1.807, 2.05) is 42.5 Å². The Balaban J connectivity index is 1.40. The lowest BCUT2D eigenvalue weighted by Gasteiger charge is -2.37. The highest BCUT2D eigenvalue weighted by atomic mass is 16.5. The van der Waals surface area contributed by atoms with Gasteiger partial charge in [-0.05, 0) is 48.2 Å². The normalized spacial score (nSPS) is 16.0. The van der Waals surface area contributed by atoms with Crippen LogP contribution < -0.4 is 4.74 Å². The van der Waals surface area contributed by atoms with E-state index in [9.17, 15) is 9.90 Å². The number of H-pyrrole nitrogens is 1. The number of nitrogens with one attached hydrogen (secondary N) is 1. The fourth-order valence-electron chi connectivity index (χ4n) is 3.43. The molecule has 0 radical (unpaired) electrons. The van der Waals surface area contributed by atoms with E-state index in [1.165, 1.54) is 0 Å². The average Bonchev–Trinajstić information content (AvgIpc) is 3.28. The number of nitrogens with zero attached hydrogens (tertiary/aromatic N) is 3. The van der Waals surface area contributed by atoms with E-state index in [0.717, 1.165) is 28.9 Å². The highest BCUT2D eigenvalue weighted by molar-refractivity contribution is 5.53. The third-order valence-corrected chi connectivity index (χ3v) is 5.16. The first-order valence-corrected chi connectivity index (χ1v) is 9.26. The van der Waals surface area contributed by atoms with Gasteiger partial charge in [-0.25, -0.2) is 0 Å². The van der Waals surface area contributed by atoms with Crippen molar-refractivity contribution in [2.24, 2.45) is 0 Å². The molecule has 2 N–H and O–H groups in total. The minimum atomic E-state index is -0.900. The Morgan fingerprint density at radius 1 is 1.21 bits per heavy atom. The fraction of sp³-hybridized carbons (Fsp3) is 0.286. The number of likely N-dealkylation sites (tertiary alicyclic amines) is 1. The van der Waals surface area contributed by atoms with E-state index >= 15 is 0 Å². The van der Waals surface area contributed by atoms with Crippen LogP contribution in [0.2, 0.25) is 0 Å². The minimum Gasteiger partial charge on any atom is -0.487 e. The summed E-state index contributed by atoms with van der Waals surface area (Å²) in [6.45, 7) is 1.51. The predicted molar refractivity (Wildman–Crippen MR) is 103 cm³/mol. The number of piperidine rings is 1. The molecule has 3 heterocycles. The molecule has 1 aromatic carbocycles. The van der Waals surface area contributed by atoms with Crippen molar-refractivity contribution in [2.45, 2.75) is 25.0 Å². The SMILES string of the molecule is O=CN1CCC(O)(c2cccc(COc3ccc(-c4ccn[nH]4)nc3)c2)CC1. The van der Waals surface area contributed by atoms with E-state index in [4.69, 9.17) is 4.74 Å². The third kappa shape index (κ3) is 3.89. The average molecular weight is 378 g/mol. The molecule has 7 nitrogen and oxygen atoms in total. The number of ether oxygens (including phenoxy) is 1. The number of benzene rings is 1. The summed E-state index contributed by atoms with van der Waals surface area (Å²) in [6, 6.07) is 13.4. The lowest BCUT2D eigenvalue weighted by molar-refractivity contribution is -0.122. The Bertz CT molecular complexity index is 917. The van der Waals surface area contributed by atoms with Gasteiger partial charge in [0.2, 0.25) is 6.41 Å². The van der Waals surface area contributed by atoms with Crippen LogP contribution in [0.5, 0.6) is 5.75 Å². The van der Waals surface area contributed by atoms with Gasteiger partial charge in [-0.3, -0.25) is 14.9 Å². The molecule has 4 rings (SSSR count). The topological polar surface area (TPSA) is 91.3 Å². The van der Waals surface area contributed by atoms with Crippen molar-refractivity contribution in [2.75, 3.05) is 13.1 Å². The summed E-state index contributed by atoms with van der Waals surface area (Å²) in [4.78, 5) is 17.0. The standard InChI is InChI=1S/C21H22N4O3/c26-15-25-10-7-21(27,8-11-25)17-3-1-2-16(12-17)14-28-18-4-5-19(22-13-18)20-6-9-23-24-20/h1-6,9,12-13,15,27H,7-8,10-11,14H2,(H,23,24). The third-order valence-electron chi connectivity index (χ3n) is 5.16. The number of carbonyl (C=O) groups excluding carboxylic acids is 1. The van der Waals surface area contributed by atoms with Crippen LogP contribution in [0.4, 0.5) is 0 Å². The number of carbonyl (C=O) groups is 1. The summed E-state index contributed by atoms with van der Waals surface area (Å²) in [7, 11) is 0. The van der Waals surface area contributed by atoms with Crippen molar-refractivity contribution in [1.82, 2.24) is 20.1 Å². The smallest absolute Gasteiger partial charge is 0.209 e. The van der Waals surface area contributed by atoms with Gasteiger partial charge in [-0.2, -0.15) is 5.10 Å². The van der Waals surface area contributed by atoms with Gasteiger partial charge in [-0.15, -0.1) is 0 Å². The number of rotatable bonds is 6. The van der Waals surface area contributed by atoms with Crippen LogP contribution in [0.25, 0.3) is 11.4 Å². The van der Waals surface area contributed by atoms with Crippen LogP contribution in [-0.4, -0.2) is 44.7 Å². The summed E-state index contributed by atoms with van der Waals surface area (Å²) in [5, 5.41) is 17.8. The van der Waals surface area contributed by atoms with Crippen molar-refractivity contribution in [3.8, 4) is 17.1 Å². The number of aliphatic hydroxyl groups is 1. The molecule has 144 valence electrons. The van der Waals surface area contributed by atoms with Crippen molar-refractivity contribution in [3.05, 3.63) is 66.0 Å². The molecule has 0 aliphatic carbocycles. The lowest BCUT2D eigenvalue weighted by atomic mass is 9.84. The van der Waals surface area contributed by atoms with Gasteiger partial charge >= 0.3 is 0 Å². The van der Waals surface area contributed by atoms with Gasteiger partial charge in [-0.1, -0.05) is 18.2 Å². The molecule has 1 fully saturated rings. The Morgan fingerprint density at radius 2 is 2.07 bits per heavy atom.